The van der Waals surface area contributed by atoms with Gasteiger partial charge < -0.3 is 29.4 Å². The molecule has 0 aliphatic carbocycles. The smallest absolute Gasteiger partial charge is 0.295 e. The summed E-state index contributed by atoms with van der Waals surface area (Å²) in [6.45, 7) is -0.274. The van der Waals surface area contributed by atoms with E-state index in [-0.39, 0.29) is 17.9 Å². The summed E-state index contributed by atoms with van der Waals surface area (Å²) in [5.74, 6) is -2.76. The van der Waals surface area contributed by atoms with Gasteiger partial charge in [0.1, 0.15) is 17.3 Å². The molecule has 1 fully saturated rings. The fourth-order valence-electron chi connectivity index (χ4n) is 3.45. The molecule has 1 aliphatic rings. The number of nitrogens with zero attached hydrogens (tertiary/aromatic N) is 1. The van der Waals surface area contributed by atoms with Gasteiger partial charge in [-0.1, -0.05) is 30.3 Å². The summed E-state index contributed by atoms with van der Waals surface area (Å²) in [4.78, 5) is 37.7. The Kier molecular flexibility index (Phi) is 6.06. The van der Waals surface area contributed by atoms with E-state index < -0.39 is 30.1 Å². The fraction of sp³-hybridized carbons (Fsp3) is 0.227. The second kappa shape index (κ2) is 8.69. The number of aliphatic hydroxyl groups excluding tert-OH is 1. The highest BCUT2D eigenvalue weighted by Crippen LogP contribution is 2.43. The third-order valence-corrected chi connectivity index (χ3v) is 4.88. The summed E-state index contributed by atoms with van der Waals surface area (Å²) in [5.41, 5.74) is 0.574. The van der Waals surface area contributed by atoms with Gasteiger partial charge in [0.05, 0.1) is 25.8 Å². The van der Waals surface area contributed by atoms with Crippen LogP contribution >= 0.6 is 0 Å². The molecule has 1 heterocycles. The van der Waals surface area contributed by atoms with Crippen molar-refractivity contribution in [1.82, 2.24) is 4.90 Å². The number of amides is 1. The topological polar surface area (TPSA) is 116 Å². The maximum absolute atomic E-state index is 12.9. The zero-order valence-corrected chi connectivity index (χ0v) is 16.5. The molecule has 1 amide bonds. The number of rotatable bonds is 7. The van der Waals surface area contributed by atoms with E-state index in [0.29, 0.717) is 22.6 Å². The zero-order valence-electron chi connectivity index (χ0n) is 16.5. The van der Waals surface area contributed by atoms with Crippen LogP contribution < -0.4 is 14.6 Å². The second-order valence-corrected chi connectivity index (χ2v) is 6.59. The van der Waals surface area contributed by atoms with Gasteiger partial charge in [-0.3, -0.25) is 9.59 Å². The lowest BCUT2D eigenvalue weighted by atomic mass is 9.94. The van der Waals surface area contributed by atoms with Crippen molar-refractivity contribution in [2.45, 2.75) is 12.5 Å². The van der Waals surface area contributed by atoms with Gasteiger partial charge in [-0.15, -0.1) is 0 Å². The number of ketones is 1. The Labute approximate surface area is 173 Å². The zero-order chi connectivity index (χ0) is 21.8. The molecule has 0 radical (unpaired) electrons. The Morgan fingerprint density at radius 3 is 2.40 bits per heavy atom. The quantitative estimate of drug-likeness (QED) is 0.415. The molecule has 1 atom stereocenters. The third kappa shape index (κ3) is 3.84. The van der Waals surface area contributed by atoms with Crippen molar-refractivity contribution in [3.63, 3.8) is 0 Å². The molecule has 1 aliphatic heterocycles. The molecule has 0 unspecified atom stereocenters. The standard InChI is InChI=1S/C22H21NO7/c1-29-14-8-9-16(30-2)15(12-14)19-18(20(26)13-6-4-3-5-7-13)21(27)22(28)23(19)11-10-17(24)25/h3-9,12,19,26H,10-11H2,1-2H3,(H,24,25)/p-1/t19-/m1/s1. The Hall–Kier alpha value is -3.81. The van der Waals surface area contributed by atoms with Crippen molar-refractivity contribution in [3.05, 3.63) is 65.2 Å². The SMILES string of the molecule is COc1ccc(OC)c([C@@H]2C(=C(O)c3ccccc3)C(=O)C(=O)N2CCC(=O)[O-])c1. The van der Waals surface area contributed by atoms with E-state index in [1.165, 1.54) is 14.2 Å². The van der Waals surface area contributed by atoms with Crippen LogP contribution in [0.4, 0.5) is 0 Å². The number of Topliss-reactive ketones (excluding diaryl/α,β-unsaturated/α-hetero) is 1. The van der Waals surface area contributed by atoms with Crippen LogP contribution in [0.5, 0.6) is 11.5 Å². The van der Waals surface area contributed by atoms with Crippen LogP contribution in [0, 0.1) is 0 Å². The highest BCUT2D eigenvalue weighted by molar-refractivity contribution is 6.46. The van der Waals surface area contributed by atoms with Crippen LogP contribution in [0.15, 0.2) is 54.1 Å². The number of carbonyl (C=O) groups excluding carboxylic acids is 3. The lowest BCUT2D eigenvalue weighted by Crippen LogP contribution is -2.34. The number of carboxylic acids is 1. The summed E-state index contributed by atoms with van der Waals surface area (Å²) in [6, 6.07) is 12.1. The molecule has 3 rings (SSSR count). The minimum atomic E-state index is -1.36. The predicted molar refractivity (Wildman–Crippen MR) is 105 cm³/mol. The van der Waals surface area contributed by atoms with Gasteiger partial charge >= 0.3 is 0 Å². The molecule has 0 saturated carbocycles. The fourth-order valence-corrected chi connectivity index (χ4v) is 3.45. The number of likely N-dealkylation sites (tertiary alicyclic amines) is 1. The first-order chi connectivity index (χ1) is 14.4. The van der Waals surface area contributed by atoms with E-state index in [4.69, 9.17) is 9.47 Å². The number of hydrogen-bond acceptors (Lipinski definition) is 7. The largest absolute Gasteiger partial charge is 0.550 e. The van der Waals surface area contributed by atoms with E-state index in [2.05, 4.69) is 0 Å². The van der Waals surface area contributed by atoms with Crippen LogP contribution in [0.25, 0.3) is 5.76 Å². The number of aliphatic carboxylic acids is 1. The van der Waals surface area contributed by atoms with Crippen LogP contribution in [0.3, 0.4) is 0 Å². The third-order valence-electron chi connectivity index (χ3n) is 4.88. The van der Waals surface area contributed by atoms with Gasteiger partial charge in [0.15, 0.2) is 0 Å². The molecule has 0 aromatic heterocycles. The first-order valence-electron chi connectivity index (χ1n) is 9.14. The van der Waals surface area contributed by atoms with Crippen molar-refractivity contribution in [3.8, 4) is 11.5 Å². The molecule has 1 N–H and O–H groups in total. The molecular weight excluding hydrogens is 390 g/mol. The lowest BCUT2D eigenvalue weighted by Gasteiger charge is -2.27. The predicted octanol–water partition coefficient (Wildman–Crippen LogP) is 1.27. The number of methoxy groups -OCH3 is 2. The Bertz CT molecular complexity index is 1010. The van der Waals surface area contributed by atoms with Crippen molar-refractivity contribution in [1.29, 1.82) is 0 Å². The molecule has 156 valence electrons. The summed E-state index contributed by atoms with van der Waals surface area (Å²) < 4.78 is 10.7. The monoisotopic (exact) mass is 410 g/mol. The minimum absolute atomic E-state index is 0.156. The maximum atomic E-state index is 12.9. The molecule has 30 heavy (non-hydrogen) atoms. The van der Waals surface area contributed by atoms with Gasteiger partial charge in [0.2, 0.25) is 0 Å². The van der Waals surface area contributed by atoms with Crippen molar-refractivity contribution in [2.75, 3.05) is 20.8 Å². The average molecular weight is 410 g/mol. The first kappa shape index (κ1) is 20.9. The average Bonchev–Trinajstić information content (AvgIpc) is 3.01. The normalized spacial score (nSPS) is 17.8. The Balaban J connectivity index is 2.24. The van der Waals surface area contributed by atoms with E-state index >= 15 is 0 Å². The first-order valence-corrected chi connectivity index (χ1v) is 9.14. The summed E-state index contributed by atoms with van der Waals surface area (Å²) in [6.07, 6.45) is -0.471. The molecule has 1 saturated heterocycles. The minimum Gasteiger partial charge on any atom is -0.550 e. The van der Waals surface area contributed by atoms with E-state index in [1.54, 1.807) is 48.5 Å². The molecule has 2 aromatic carbocycles. The van der Waals surface area contributed by atoms with Crippen molar-refractivity contribution < 1.29 is 34.1 Å². The number of carbonyl (C=O) groups is 3. The van der Waals surface area contributed by atoms with Crippen LogP contribution in [-0.4, -0.2) is 48.4 Å². The second-order valence-electron chi connectivity index (χ2n) is 6.59. The van der Waals surface area contributed by atoms with E-state index in [0.717, 1.165) is 4.90 Å². The van der Waals surface area contributed by atoms with Crippen molar-refractivity contribution in [2.24, 2.45) is 0 Å². The van der Waals surface area contributed by atoms with E-state index in [9.17, 15) is 24.6 Å². The molecule has 0 bridgehead atoms. The van der Waals surface area contributed by atoms with Gasteiger partial charge in [0.25, 0.3) is 11.7 Å². The Morgan fingerprint density at radius 2 is 1.80 bits per heavy atom. The lowest BCUT2D eigenvalue weighted by molar-refractivity contribution is -0.305. The highest BCUT2D eigenvalue weighted by atomic mass is 16.5. The number of ether oxygens (including phenoxy) is 2. The molecule has 2 aromatic rings. The summed E-state index contributed by atoms with van der Waals surface area (Å²) in [5, 5.41) is 21.9. The van der Waals surface area contributed by atoms with Gasteiger partial charge in [0, 0.05) is 30.1 Å². The maximum Gasteiger partial charge on any atom is 0.295 e. The summed E-state index contributed by atoms with van der Waals surface area (Å²) in [7, 11) is 2.89. The molecule has 0 spiro atoms. The van der Waals surface area contributed by atoms with Gasteiger partial charge in [-0.05, 0) is 18.2 Å². The number of carboxylic acid groups (broad SMARTS) is 1. The van der Waals surface area contributed by atoms with Gasteiger partial charge in [-0.2, -0.15) is 0 Å². The number of aliphatic hydroxyl groups is 1. The van der Waals surface area contributed by atoms with Crippen LogP contribution in [0.1, 0.15) is 23.6 Å². The van der Waals surface area contributed by atoms with Crippen molar-refractivity contribution >= 4 is 23.4 Å². The number of benzene rings is 2. The number of hydrogen-bond donors (Lipinski definition) is 1. The van der Waals surface area contributed by atoms with Crippen LogP contribution in [-0.2, 0) is 14.4 Å². The van der Waals surface area contributed by atoms with Crippen LogP contribution in [0.2, 0.25) is 0 Å². The molecule has 8 heteroatoms. The molecule has 8 nitrogen and oxygen atoms in total. The van der Waals surface area contributed by atoms with Gasteiger partial charge in [-0.25, -0.2) is 0 Å². The van der Waals surface area contributed by atoms with E-state index in [1.807, 2.05) is 0 Å². The highest BCUT2D eigenvalue weighted by Gasteiger charge is 2.47. The summed E-state index contributed by atoms with van der Waals surface area (Å²) >= 11 is 0. The molecular formula is C22H20NO7-. The Morgan fingerprint density at radius 1 is 1.10 bits per heavy atom.